The number of hydrogen-bond donors (Lipinski definition) is 1. The zero-order valence-electron chi connectivity index (χ0n) is 15.3. The first-order valence-corrected chi connectivity index (χ1v) is 10.9. The van der Waals surface area contributed by atoms with Crippen molar-refractivity contribution in [2.75, 3.05) is 18.0 Å². The maximum absolute atomic E-state index is 12.7. The molecule has 2 fully saturated rings. The van der Waals surface area contributed by atoms with Gasteiger partial charge in [-0.2, -0.15) is 0 Å². The molecule has 1 saturated carbocycles. The Balaban J connectivity index is 1.30. The summed E-state index contributed by atoms with van der Waals surface area (Å²) < 4.78 is 0. The van der Waals surface area contributed by atoms with Crippen molar-refractivity contribution in [1.82, 2.24) is 15.3 Å². The fraction of sp³-hybridized carbons (Fsp3) is 0.650. The number of carbonyl (C=O) groups excluding carboxylic acids is 1. The number of rotatable bonds is 3. The lowest BCUT2D eigenvalue weighted by atomic mass is 9.93. The molecule has 0 aromatic carbocycles. The van der Waals surface area contributed by atoms with Crippen molar-refractivity contribution < 1.29 is 4.79 Å². The predicted molar refractivity (Wildman–Crippen MR) is 107 cm³/mol. The van der Waals surface area contributed by atoms with Crippen LogP contribution in [0.2, 0.25) is 0 Å². The summed E-state index contributed by atoms with van der Waals surface area (Å²) >= 11 is 1.65. The molecule has 1 aliphatic carbocycles. The minimum Gasteiger partial charge on any atom is -0.353 e. The number of fused-ring (bicyclic) bond motifs is 1. The summed E-state index contributed by atoms with van der Waals surface area (Å²) in [6.07, 6.45) is 12.5. The van der Waals surface area contributed by atoms with Crippen molar-refractivity contribution in [3.05, 3.63) is 18.3 Å². The average molecular weight is 373 g/mol. The SMILES string of the molecule is O=C(NC1CCCCCCC1)C1CCN(c2nc3cccnc3s2)CC1. The van der Waals surface area contributed by atoms with Crippen molar-refractivity contribution in [2.24, 2.45) is 5.92 Å². The van der Waals surface area contributed by atoms with E-state index in [0.717, 1.165) is 54.3 Å². The molecule has 0 bridgehead atoms. The van der Waals surface area contributed by atoms with Gasteiger partial charge >= 0.3 is 0 Å². The first kappa shape index (κ1) is 17.7. The van der Waals surface area contributed by atoms with E-state index in [2.05, 4.69) is 15.2 Å². The van der Waals surface area contributed by atoms with Crippen molar-refractivity contribution in [3.63, 3.8) is 0 Å². The highest BCUT2D eigenvalue weighted by Gasteiger charge is 2.27. The van der Waals surface area contributed by atoms with Gasteiger partial charge in [-0.05, 0) is 37.8 Å². The van der Waals surface area contributed by atoms with Crippen LogP contribution in [0.15, 0.2) is 18.3 Å². The highest BCUT2D eigenvalue weighted by molar-refractivity contribution is 7.21. The summed E-state index contributed by atoms with van der Waals surface area (Å²) in [7, 11) is 0. The van der Waals surface area contributed by atoms with Gasteiger partial charge in [0.25, 0.3) is 0 Å². The smallest absolute Gasteiger partial charge is 0.223 e. The summed E-state index contributed by atoms with van der Waals surface area (Å²) in [6, 6.07) is 4.34. The van der Waals surface area contributed by atoms with E-state index in [1.54, 1.807) is 11.3 Å². The minimum absolute atomic E-state index is 0.157. The second-order valence-electron chi connectivity index (χ2n) is 7.64. The van der Waals surface area contributed by atoms with Crippen LogP contribution >= 0.6 is 11.3 Å². The van der Waals surface area contributed by atoms with Gasteiger partial charge in [0.1, 0.15) is 10.3 Å². The zero-order valence-corrected chi connectivity index (χ0v) is 16.1. The van der Waals surface area contributed by atoms with Gasteiger partial charge in [-0.15, -0.1) is 0 Å². The van der Waals surface area contributed by atoms with Gasteiger partial charge in [0.15, 0.2) is 5.13 Å². The quantitative estimate of drug-likeness (QED) is 0.880. The molecule has 6 heteroatoms. The molecule has 4 rings (SSSR count). The lowest BCUT2D eigenvalue weighted by Crippen LogP contribution is -2.44. The predicted octanol–water partition coefficient (Wildman–Crippen LogP) is 4.14. The van der Waals surface area contributed by atoms with Crippen molar-refractivity contribution in [2.45, 2.75) is 63.8 Å². The third-order valence-electron chi connectivity index (χ3n) is 5.74. The van der Waals surface area contributed by atoms with Crippen LogP contribution in [-0.4, -0.2) is 35.0 Å². The highest BCUT2D eigenvalue weighted by atomic mass is 32.1. The van der Waals surface area contributed by atoms with E-state index < -0.39 is 0 Å². The molecule has 0 unspecified atom stereocenters. The van der Waals surface area contributed by atoms with Gasteiger partial charge in [0, 0.05) is 31.2 Å². The maximum Gasteiger partial charge on any atom is 0.223 e. The highest BCUT2D eigenvalue weighted by Crippen LogP contribution is 2.30. The number of nitrogens with zero attached hydrogens (tertiary/aromatic N) is 3. The number of anilines is 1. The van der Waals surface area contributed by atoms with Crippen LogP contribution in [0, 0.1) is 5.92 Å². The van der Waals surface area contributed by atoms with Gasteiger partial charge in [-0.1, -0.05) is 43.4 Å². The average Bonchev–Trinajstić information content (AvgIpc) is 3.08. The van der Waals surface area contributed by atoms with Crippen LogP contribution in [-0.2, 0) is 4.79 Å². The lowest BCUT2D eigenvalue weighted by Gasteiger charge is -2.32. The molecule has 26 heavy (non-hydrogen) atoms. The van der Waals surface area contributed by atoms with Gasteiger partial charge < -0.3 is 10.2 Å². The normalized spacial score (nSPS) is 20.7. The zero-order chi connectivity index (χ0) is 17.8. The minimum atomic E-state index is 0.157. The number of hydrogen-bond acceptors (Lipinski definition) is 5. The standard InChI is InChI=1S/C20H28N4OS/c25-18(22-16-7-4-2-1-3-5-8-16)15-10-13-24(14-11-15)20-23-17-9-6-12-21-19(17)26-20/h6,9,12,15-16H,1-5,7-8,10-11,13-14H2,(H,22,25). The molecule has 1 amide bonds. The number of thiazole rings is 1. The molecule has 3 heterocycles. The molecule has 0 radical (unpaired) electrons. The van der Waals surface area contributed by atoms with Gasteiger partial charge in [-0.3, -0.25) is 4.79 Å². The number of piperidine rings is 1. The van der Waals surface area contributed by atoms with Crippen molar-refractivity contribution >= 4 is 32.7 Å². The molecular weight excluding hydrogens is 344 g/mol. The Morgan fingerprint density at radius 2 is 1.81 bits per heavy atom. The maximum atomic E-state index is 12.7. The van der Waals surface area contributed by atoms with Crippen LogP contribution in [0.4, 0.5) is 5.13 Å². The van der Waals surface area contributed by atoms with E-state index in [1.807, 2.05) is 18.3 Å². The fourth-order valence-electron chi connectivity index (χ4n) is 4.15. The largest absolute Gasteiger partial charge is 0.353 e. The van der Waals surface area contributed by atoms with E-state index in [1.165, 1.54) is 32.1 Å². The molecule has 1 N–H and O–H groups in total. The van der Waals surface area contributed by atoms with Crippen LogP contribution in [0.3, 0.4) is 0 Å². The monoisotopic (exact) mass is 372 g/mol. The molecule has 5 nitrogen and oxygen atoms in total. The number of aromatic nitrogens is 2. The number of amides is 1. The van der Waals surface area contributed by atoms with Crippen LogP contribution in [0.1, 0.15) is 57.8 Å². The topological polar surface area (TPSA) is 58.1 Å². The van der Waals surface area contributed by atoms with E-state index >= 15 is 0 Å². The molecule has 2 aromatic heterocycles. The molecule has 1 saturated heterocycles. The molecule has 0 atom stereocenters. The molecule has 2 aliphatic rings. The molecule has 140 valence electrons. The second-order valence-corrected chi connectivity index (χ2v) is 8.59. The Kier molecular flexibility index (Phi) is 5.68. The lowest BCUT2D eigenvalue weighted by molar-refractivity contribution is -0.126. The Hall–Kier alpha value is -1.69. The number of pyridine rings is 1. The Morgan fingerprint density at radius 1 is 1.08 bits per heavy atom. The molecule has 0 spiro atoms. The van der Waals surface area contributed by atoms with Gasteiger partial charge in [0.05, 0.1) is 0 Å². The summed E-state index contributed by atoms with van der Waals surface area (Å²) in [5, 5.41) is 4.39. The molecular formula is C20H28N4OS. The molecule has 2 aromatic rings. The summed E-state index contributed by atoms with van der Waals surface area (Å²) in [4.78, 5) is 25.1. The van der Waals surface area contributed by atoms with E-state index in [0.29, 0.717) is 6.04 Å². The Morgan fingerprint density at radius 3 is 2.54 bits per heavy atom. The van der Waals surface area contributed by atoms with Crippen molar-refractivity contribution in [3.8, 4) is 0 Å². The number of carbonyl (C=O) groups is 1. The summed E-state index contributed by atoms with van der Waals surface area (Å²) in [6.45, 7) is 1.81. The fourth-order valence-corrected chi connectivity index (χ4v) is 5.11. The van der Waals surface area contributed by atoms with Crippen LogP contribution in [0.5, 0.6) is 0 Å². The first-order valence-electron chi connectivity index (χ1n) is 10.1. The third-order valence-corrected chi connectivity index (χ3v) is 6.78. The second kappa shape index (κ2) is 8.33. The van der Waals surface area contributed by atoms with Crippen LogP contribution < -0.4 is 10.2 Å². The first-order chi connectivity index (χ1) is 12.8. The summed E-state index contributed by atoms with van der Waals surface area (Å²) in [5.41, 5.74) is 0.969. The van der Waals surface area contributed by atoms with Gasteiger partial charge in [0.2, 0.25) is 5.91 Å². The van der Waals surface area contributed by atoms with E-state index in [4.69, 9.17) is 4.98 Å². The van der Waals surface area contributed by atoms with E-state index in [-0.39, 0.29) is 11.8 Å². The Labute approximate surface area is 159 Å². The number of nitrogens with one attached hydrogen (secondary N) is 1. The third kappa shape index (κ3) is 4.17. The molecule has 1 aliphatic heterocycles. The van der Waals surface area contributed by atoms with Crippen molar-refractivity contribution in [1.29, 1.82) is 0 Å². The summed E-state index contributed by atoms with van der Waals surface area (Å²) in [5.74, 6) is 0.436. The van der Waals surface area contributed by atoms with Crippen LogP contribution in [0.25, 0.3) is 10.3 Å². The van der Waals surface area contributed by atoms with Gasteiger partial charge in [-0.25, -0.2) is 9.97 Å². The Bertz CT molecular complexity index is 697. The van der Waals surface area contributed by atoms with E-state index in [9.17, 15) is 4.79 Å².